The van der Waals surface area contributed by atoms with E-state index in [0.717, 1.165) is 24.0 Å². The van der Waals surface area contributed by atoms with E-state index >= 15 is 0 Å². The number of aromatic nitrogens is 4. The summed E-state index contributed by atoms with van der Waals surface area (Å²) >= 11 is 0. The first-order valence-corrected chi connectivity index (χ1v) is 12.5. The number of benzene rings is 2. The Morgan fingerprint density at radius 3 is 2.00 bits per heavy atom. The molecule has 0 aliphatic carbocycles. The van der Waals surface area contributed by atoms with E-state index in [1.54, 1.807) is 45.3 Å². The van der Waals surface area contributed by atoms with E-state index in [1.807, 2.05) is 43.3 Å². The quantitative estimate of drug-likeness (QED) is 0.243. The minimum atomic E-state index is -0.0226. The highest BCUT2D eigenvalue weighted by molar-refractivity contribution is 5.65. The van der Waals surface area contributed by atoms with Crippen LogP contribution < -0.4 is 28.6 Å². The molecule has 0 amide bonds. The number of methoxy groups -OCH3 is 4. The number of fused-ring (bicyclic) bond motifs is 1. The predicted octanol–water partition coefficient (Wildman–Crippen LogP) is 4.93. The van der Waals surface area contributed by atoms with Crippen LogP contribution in [0.1, 0.15) is 37.8 Å². The van der Waals surface area contributed by atoms with E-state index in [0.29, 0.717) is 53.6 Å². The lowest BCUT2D eigenvalue weighted by Crippen LogP contribution is -2.26. The van der Waals surface area contributed by atoms with Gasteiger partial charge in [-0.25, -0.2) is 9.50 Å². The Hall–Kier alpha value is -4.21. The van der Waals surface area contributed by atoms with Gasteiger partial charge in [-0.1, -0.05) is 13.3 Å². The van der Waals surface area contributed by atoms with Crippen LogP contribution in [0.5, 0.6) is 29.0 Å². The lowest BCUT2D eigenvalue weighted by atomic mass is 10.1. The molecule has 4 aromatic rings. The average Bonchev–Trinajstić information content (AvgIpc) is 3.41. The Morgan fingerprint density at radius 2 is 1.47 bits per heavy atom. The van der Waals surface area contributed by atoms with Gasteiger partial charge in [-0.3, -0.25) is 0 Å². The molecule has 2 aromatic carbocycles. The molecule has 0 bridgehead atoms. The minimum Gasteiger partial charge on any atom is -0.497 e. The molecule has 202 valence electrons. The Balaban J connectivity index is 1.81. The normalized spacial score (nSPS) is 11.7. The summed E-state index contributed by atoms with van der Waals surface area (Å²) < 4.78 is 30.0. The summed E-state index contributed by atoms with van der Waals surface area (Å²) in [5.74, 6) is 3.47. The molecule has 0 fully saturated rings. The lowest BCUT2D eigenvalue weighted by Gasteiger charge is -2.26. The second-order valence-corrected chi connectivity index (χ2v) is 8.84. The number of ether oxygens (including phenoxy) is 5. The number of rotatable bonds is 13. The summed E-state index contributed by atoms with van der Waals surface area (Å²) in [6, 6.07) is 11.8. The Bertz CT molecular complexity index is 1300. The van der Waals surface area contributed by atoms with Gasteiger partial charge in [0.25, 0.3) is 0 Å². The van der Waals surface area contributed by atoms with Crippen molar-refractivity contribution in [2.24, 2.45) is 0 Å². The number of hydrogen-bond donors (Lipinski definition) is 0. The van der Waals surface area contributed by atoms with E-state index in [1.165, 1.54) is 0 Å². The maximum Gasteiger partial charge on any atom is 0.336 e. The van der Waals surface area contributed by atoms with Gasteiger partial charge in [0, 0.05) is 48.7 Å². The smallest absolute Gasteiger partial charge is 0.336 e. The summed E-state index contributed by atoms with van der Waals surface area (Å²) in [6.45, 7) is 5.07. The Kier molecular flexibility index (Phi) is 8.73. The molecule has 10 nitrogen and oxygen atoms in total. The second kappa shape index (κ2) is 12.4. The molecule has 2 heterocycles. The largest absolute Gasteiger partial charge is 0.497 e. The van der Waals surface area contributed by atoms with Gasteiger partial charge in [0.15, 0.2) is 11.5 Å². The molecule has 4 rings (SSSR count). The molecule has 0 aliphatic heterocycles. The second-order valence-electron chi connectivity index (χ2n) is 8.84. The van der Waals surface area contributed by atoms with Crippen molar-refractivity contribution in [2.75, 3.05) is 33.3 Å². The fraction of sp³-hybridized carbons (Fsp3) is 0.393. The number of imidazole rings is 1. The first kappa shape index (κ1) is 26.8. The number of anilines is 1. The van der Waals surface area contributed by atoms with Crippen LogP contribution in [0.4, 0.5) is 5.82 Å². The third-order valence-electron chi connectivity index (χ3n) is 6.23. The molecule has 0 unspecified atom stereocenters. The molecule has 2 aromatic heterocycles. The van der Waals surface area contributed by atoms with Gasteiger partial charge in [-0.05, 0) is 37.6 Å². The van der Waals surface area contributed by atoms with E-state index in [4.69, 9.17) is 28.7 Å². The fourth-order valence-electron chi connectivity index (χ4n) is 4.28. The topological polar surface area (TPSA) is 92.5 Å². The number of nitrogens with zero attached hydrogens (tertiary/aromatic N) is 5. The van der Waals surface area contributed by atoms with Crippen LogP contribution in [-0.2, 0) is 13.1 Å². The highest BCUT2D eigenvalue weighted by atomic mass is 16.5. The standard InChI is InChI=1S/C28H35N5O5/c1-7-8-19(2)38-28-30-27(26-29-13-14-33(26)31-28)32(17-20-9-11-22(34-3)15-24(20)36-5)18-21-10-12-23(35-4)16-25(21)37-6/h9-16,19H,7-8,17-18H2,1-6H3/t19-/m0/s1. The van der Waals surface area contributed by atoms with Crippen molar-refractivity contribution < 1.29 is 23.7 Å². The Labute approximate surface area is 223 Å². The van der Waals surface area contributed by atoms with Gasteiger partial charge in [0.1, 0.15) is 23.0 Å². The Morgan fingerprint density at radius 1 is 0.868 bits per heavy atom. The maximum absolute atomic E-state index is 6.09. The minimum absolute atomic E-state index is 0.0226. The van der Waals surface area contributed by atoms with Crippen molar-refractivity contribution in [3.8, 4) is 29.0 Å². The van der Waals surface area contributed by atoms with Crippen LogP contribution in [-0.4, -0.2) is 54.1 Å². The van der Waals surface area contributed by atoms with Crippen molar-refractivity contribution in [2.45, 2.75) is 45.9 Å². The van der Waals surface area contributed by atoms with E-state index in [2.05, 4.69) is 21.9 Å². The SMILES string of the molecule is CCC[C@H](C)Oc1nc(N(Cc2ccc(OC)cc2OC)Cc2ccc(OC)cc2OC)c2nccn2n1. The van der Waals surface area contributed by atoms with Gasteiger partial charge in [-0.15, -0.1) is 5.10 Å². The third kappa shape index (κ3) is 6.01. The van der Waals surface area contributed by atoms with Crippen molar-refractivity contribution in [1.29, 1.82) is 0 Å². The van der Waals surface area contributed by atoms with Gasteiger partial charge in [-0.2, -0.15) is 4.98 Å². The molecule has 0 spiro atoms. The molecule has 0 radical (unpaired) electrons. The molecule has 0 saturated heterocycles. The number of hydrogen-bond acceptors (Lipinski definition) is 9. The zero-order chi connectivity index (χ0) is 27.1. The van der Waals surface area contributed by atoms with Crippen LogP contribution in [0.15, 0.2) is 48.8 Å². The molecule has 10 heteroatoms. The summed E-state index contributed by atoms with van der Waals surface area (Å²) in [6.07, 6.45) is 5.37. The first-order valence-electron chi connectivity index (χ1n) is 12.5. The first-order chi connectivity index (χ1) is 18.5. The summed E-state index contributed by atoms with van der Waals surface area (Å²) in [4.78, 5) is 11.5. The average molecular weight is 522 g/mol. The zero-order valence-corrected chi connectivity index (χ0v) is 22.8. The van der Waals surface area contributed by atoms with Crippen LogP contribution >= 0.6 is 0 Å². The van der Waals surface area contributed by atoms with Gasteiger partial charge < -0.3 is 28.6 Å². The van der Waals surface area contributed by atoms with Crippen LogP contribution in [0, 0.1) is 0 Å². The summed E-state index contributed by atoms with van der Waals surface area (Å²) in [7, 11) is 6.56. The molecule has 0 N–H and O–H groups in total. The molecule has 1 atom stereocenters. The van der Waals surface area contributed by atoms with Gasteiger partial charge in [0.2, 0.25) is 0 Å². The van der Waals surface area contributed by atoms with Crippen LogP contribution in [0.2, 0.25) is 0 Å². The monoisotopic (exact) mass is 521 g/mol. The maximum atomic E-state index is 6.09. The molecular weight excluding hydrogens is 486 g/mol. The fourth-order valence-corrected chi connectivity index (χ4v) is 4.28. The van der Waals surface area contributed by atoms with Crippen molar-refractivity contribution in [3.05, 3.63) is 59.9 Å². The molecular formula is C28H35N5O5. The zero-order valence-electron chi connectivity index (χ0n) is 22.8. The van der Waals surface area contributed by atoms with Crippen LogP contribution in [0.3, 0.4) is 0 Å². The lowest BCUT2D eigenvalue weighted by molar-refractivity contribution is 0.189. The molecule has 0 aliphatic rings. The predicted molar refractivity (Wildman–Crippen MR) is 145 cm³/mol. The van der Waals surface area contributed by atoms with Crippen molar-refractivity contribution in [1.82, 2.24) is 19.6 Å². The van der Waals surface area contributed by atoms with E-state index < -0.39 is 0 Å². The highest BCUT2D eigenvalue weighted by Crippen LogP contribution is 2.32. The molecule has 0 saturated carbocycles. The summed E-state index contributed by atoms with van der Waals surface area (Å²) in [5, 5.41) is 4.54. The van der Waals surface area contributed by atoms with Gasteiger partial charge >= 0.3 is 6.01 Å². The van der Waals surface area contributed by atoms with Crippen molar-refractivity contribution >= 4 is 11.5 Å². The van der Waals surface area contributed by atoms with E-state index in [-0.39, 0.29) is 6.10 Å². The highest BCUT2D eigenvalue weighted by Gasteiger charge is 2.22. The van der Waals surface area contributed by atoms with Gasteiger partial charge in [0.05, 0.1) is 34.5 Å². The molecule has 38 heavy (non-hydrogen) atoms. The van der Waals surface area contributed by atoms with E-state index in [9.17, 15) is 0 Å². The summed E-state index contributed by atoms with van der Waals surface area (Å²) in [5.41, 5.74) is 2.51. The van der Waals surface area contributed by atoms with Crippen LogP contribution in [0.25, 0.3) is 5.65 Å². The van der Waals surface area contributed by atoms with Crippen molar-refractivity contribution in [3.63, 3.8) is 0 Å². The third-order valence-corrected chi connectivity index (χ3v) is 6.23.